The van der Waals surface area contributed by atoms with Crippen molar-refractivity contribution >= 4 is 0 Å². The van der Waals surface area contributed by atoms with Crippen LogP contribution >= 0.6 is 0 Å². The number of nitrogens with zero attached hydrogens (tertiary/aromatic N) is 1. The van der Waals surface area contributed by atoms with Crippen molar-refractivity contribution in [1.29, 1.82) is 0 Å². The van der Waals surface area contributed by atoms with Crippen LogP contribution in [0.5, 0.6) is 0 Å². The molecule has 17 heavy (non-hydrogen) atoms. The van der Waals surface area contributed by atoms with E-state index < -0.39 is 0 Å². The van der Waals surface area contributed by atoms with E-state index in [1.807, 2.05) is 0 Å². The summed E-state index contributed by atoms with van der Waals surface area (Å²) in [5.41, 5.74) is 0. The third-order valence-corrected chi connectivity index (χ3v) is 4.19. The summed E-state index contributed by atoms with van der Waals surface area (Å²) in [6.07, 6.45) is 8.51. The molecule has 0 bridgehead atoms. The van der Waals surface area contributed by atoms with Crippen molar-refractivity contribution in [2.75, 3.05) is 32.8 Å². The topological polar surface area (TPSA) is 24.5 Å². The molecule has 1 atom stereocenters. The van der Waals surface area contributed by atoms with E-state index in [9.17, 15) is 0 Å². The molecule has 0 radical (unpaired) electrons. The van der Waals surface area contributed by atoms with E-state index in [1.165, 1.54) is 45.1 Å². The van der Waals surface area contributed by atoms with Gasteiger partial charge in [0, 0.05) is 31.7 Å². The first-order valence-corrected chi connectivity index (χ1v) is 7.41. The quantitative estimate of drug-likeness (QED) is 0.761. The van der Waals surface area contributed by atoms with Gasteiger partial charge < -0.3 is 10.1 Å². The zero-order valence-electron chi connectivity index (χ0n) is 11.3. The van der Waals surface area contributed by atoms with E-state index in [0.717, 1.165) is 32.3 Å². The highest BCUT2D eigenvalue weighted by molar-refractivity contribution is 4.74. The molecule has 1 aliphatic carbocycles. The fraction of sp³-hybridized carbons (Fsp3) is 1.00. The van der Waals surface area contributed by atoms with Gasteiger partial charge in [0.1, 0.15) is 0 Å². The summed E-state index contributed by atoms with van der Waals surface area (Å²) in [5, 5.41) is 3.75. The van der Waals surface area contributed by atoms with Crippen molar-refractivity contribution in [3.63, 3.8) is 0 Å². The molecule has 1 heterocycles. The van der Waals surface area contributed by atoms with Crippen molar-refractivity contribution in [3.8, 4) is 0 Å². The monoisotopic (exact) mass is 240 g/mol. The largest absolute Gasteiger partial charge is 0.379 e. The first kappa shape index (κ1) is 13.3. The Hall–Kier alpha value is -0.120. The standard InChI is InChI=1S/C14H28N2O/c1-13-12-17-11-10-16(13)9-8-15-14-6-4-2-3-5-7-14/h13-15H,2-12H2,1H3. The maximum absolute atomic E-state index is 5.46. The van der Waals surface area contributed by atoms with Gasteiger partial charge in [-0.1, -0.05) is 25.7 Å². The third-order valence-electron chi connectivity index (χ3n) is 4.19. The van der Waals surface area contributed by atoms with Crippen molar-refractivity contribution in [1.82, 2.24) is 10.2 Å². The minimum Gasteiger partial charge on any atom is -0.379 e. The van der Waals surface area contributed by atoms with Gasteiger partial charge in [-0.3, -0.25) is 4.90 Å². The van der Waals surface area contributed by atoms with Crippen LogP contribution in [0.4, 0.5) is 0 Å². The molecule has 1 aliphatic heterocycles. The third kappa shape index (κ3) is 4.57. The normalized spacial score (nSPS) is 29.1. The lowest BCUT2D eigenvalue weighted by atomic mass is 10.1. The second-order valence-electron chi connectivity index (χ2n) is 5.60. The number of hydrogen-bond acceptors (Lipinski definition) is 3. The predicted molar refractivity (Wildman–Crippen MR) is 71.3 cm³/mol. The van der Waals surface area contributed by atoms with E-state index in [1.54, 1.807) is 0 Å². The van der Waals surface area contributed by atoms with E-state index in [-0.39, 0.29) is 0 Å². The molecule has 0 aromatic carbocycles. The highest BCUT2D eigenvalue weighted by atomic mass is 16.5. The fourth-order valence-corrected chi connectivity index (χ4v) is 2.99. The Morgan fingerprint density at radius 2 is 1.94 bits per heavy atom. The van der Waals surface area contributed by atoms with Crippen LogP contribution in [0.2, 0.25) is 0 Å². The molecule has 0 spiro atoms. The van der Waals surface area contributed by atoms with E-state index >= 15 is 0 Å². The predicted octanol–water partition coefficient (Wildman–Crippen LogP) is 2.02. The second kappa shape index (κ2) is 7.34. The van der Waals surface area contributed by atoms with Crippen LogP contribution in [0.25, 0.3) is 0 Å². The smallest absolute Gasteiger partial charge is 0.0619 e. The lowest BCUT2D eigenvalue weighted by Crippen LogP contribution is -2.47. The Balaban J connectivity index is 1.60. The van der Waals surface area contributed by atoms with E-state index in [0.29, 0.717) is 6.04 Å². The lowest BCUT2D eigenvalue weighted by Gasteiger charge is -2.33. The molecule has 2 rings (SSSR count). The zero-order valence-corrected chi connectivity index (χ0v) is 11.3. The van der Waals surface area contributed by atoms with Crippen molar-refractivity contribution in [2.45, 2.75) is 57.5 Å². The van der Waals surface area contributed by atoms with Crippen LogP contribution in [0.1, 0.15) is 45.4 Å². The molecule has 1 saturated heterocycles. The van der Waals surface area contributed by atoms with Crippen LogP contribution in [-0.4, -0.2) is 49.8 Å². The Morgan fingerprint density at radius 1 is 1.18 bits per heavy atom. The first-order valence-electron chi connectivity index (χ1n) is 7.41. The number of nitrogens with one attached hydrogen (secondary N) is 1. The van der Waals surface area contributed by atoms with Crippen molar-refractivity contribution < 1.29 is 4.74 Å². The fourth-order valence-electron chi connectivity index (χ4n) is 2.99. The molecule has 0 aromatic heterocycles. The van der Waals surface area contributed by atoms with Crippen LogP contribution in [0.3, 0.4) is 0 Å². The molecule has 3 nitrogen and oxygen atoms in total. The van der Waals surface area contributed by atoms with Crippen LogP contribution < -0.4 is 5.32 Å². The molecule has 1 saturated carbocycles. The summed E-state index contributed by atoms with van der Waals surface area (Å²) < 4.78 is 5.46. The maximum Gasteiger partial charge on any atom is 0.0619 e. The van der Waals surface area contributed by atoms with Crippen molar-refractivity contribution in [3.05, 3.63) is 0 Å². The van der Waals surface area contributed by atoms with Gasteiger partial charge in [-0.2, -0.15) is 0 Å². The van der Waals surface area contributed by atoms with Gasteiger partial charge in [0.25, 0.3) is 0 Å². The van der Waals surface area contributed by atoms with Gasteiger partial charge in [0.05, 0.1) is 13.2 Å². The molecule has 3 heteroatoms. The Labute approximate surface area is 106 Å². The SMILES string of the molecule is CC1COCCN1CCNC1CCCCCC1. The summed E-state index contributed by atoms with van der Waals surface area (Å²) in [7, 11) is 0. The Kier molecular flexibility index (Phi) is 5.75. The molecule has 1 N–H and O–H groups in total. The number of morpholine rings is 1. The highest BCUT2D eigenvalue weighted by Crippen LogP contribution is 2.17. The van der Waals surface area contributed by atoms with Gasteiger partial charge >= 0.3 is 0 Å². The highest BCUT2D eigenvalue weighted by Gasteiger charge is 2.18. The average molecular weight is 240 g/mol. The Bertz CT molecular complexity index is 202. The first-order chi connectivity index (χ1) is 8.36. The van der Waals surface area contributed by atoms with E-state index in [2.05, 4.69) is 17.1 Å². The zero-order chi connectivity index (χ0) is 11.9. The van der Waals surface area contributed by atoms with Gasteiger partial charge in [-0.25, -0.2) is 0 Å². The summed E-state index contributed by atoms with van der Waals surface area (Å²) in [6.45, 7) is 7.52. The lowest BCUT2D eigenvalue weighted by molar-refractivity contribution is 0.000119. The molecule has 2 fully saturated rings. The van der Waals surface area contributed by atoms with Crippen molar-refractivity contribution in [2.24, 2.45) is 0 Å². The maximum atomic E-state index is 5.46. The van der Waals surface area contributed by atoms with Gasteiger partial charge in [-0.05, 0) is 19.8 Å². The van der Waals surface area contributed by atoms with Crippen LogP contribution in [0.15, 0.2) is 0 Å². The van der Waals surface area contributed by atoms with Crippen LogP contribution in [0, 0.1) is 0 Å². The average Bonchev–Trinajstić information content (AvgIpc) is 2.60. The number of hydrogen-bond donors (Lipinski definition) is 1. The summed E-state index contributed by atoms with van der Waals surface area (Å²) >= 11 is 0. The minimum atomic E-state index is 0.597. The minimum absolute atomic E-state index is 0.597. The van der Waals surface area contributed by atoms with Gasteiger partial charge in [0.2, 0.25) is 0 Å². The van der Waals surface area contributed by atoms with E-state index in [4.69, 9.17) is 4.74 Å². The number of ether oxygens (including phenoxy) is 1. The molecular formula is C14H28N2O. The summed E-state index contributed by atoms with van der Waals surface area (Å²) in [5.74, 6) is 0. The molecule has 0 aromatic rings. The van der Waals surface area contributed by atoms with Gasteiger partial charge in [-0.15, -0.1) is 0 Å². The van der Waals surface area contributed by atoms with Gasteiger partial charge in [0.15, 0.2) is 0 Å². The molecule has 100 valence electrons. The molecular weight excluding hydrogens is 212 g/mol. The molecule has 1 unspecified atom stereocenters. The summed E-state index contributed by atoms with van der Waals surface area (Å²) in [6, 6.07) is 1.38. The molecule has 2 aliphatic rings. The summed E-state index contributed by atoms with van der Waals surface area (Å²) in [4.78, 5) is 2.55. The molecule has 0 amide bonds. The second-order valence-corrected chi connectivity index (χ2v) is 5.60. The Morgan fingerprint density at radius 3 is 2.65 bits per heavy atom. The number of rotatable bonds is 4. The van der Waals surface area contributed by atoms with Crippen LogP contribution in [-0.2, 0) is 4.74 Å².